The molecule has 0 radical (unpaired) electrons. The third-order valence-electron chi connectivity index (χ3n) is 3.20. The Balaban J connectivity index is 2.03. The summed E-state index contributed by atoms with van der Waals surface area (Å²) >= 11 is 0. The van der Waals surface area contributed by atoms with E-state index in [1.807, 2.05) is 0 Å². The smallest absolute Gasteiger partial charge is 0.347 e. The fraction of sp³-hybridized carbons (Fsp3) is 0.118. The van der Waals surface area contributed by atoms with Crippen LogP contribution in [0.25, 0.3) is 22.4 Å². The van der Waals surface area contributed by atoms with Crippen molar-refractivity contribution in [3.63, 3.8) is 0 Å². The average Bonchev–Trinajstić information content (AvgIpc) is 2.54. The molecule has 0 saturated carbocycles. The van der Waals surface area contributed by atoms with Crippen molar-refractivity contribution in [2.75, 3.05) is 7.11 Å². The highest BCUT2D eigenvalue weighted by Crippen LogP contribution is 2.23. The number of hydrogen-bond donors (Lipinski definition) is 0. The van der Waals surface area contributed by atoms with E-state index in [9.17, 15) is 9.59 Å². The molecule has 0 N–H and O–H groups in total. The van der Waals surface area contributed by atoms with Crippen LogP contribution in [0.2, 0.25) is 0 Å². The van der Waals surface area contributed by atoms with Crippen LogP contribution in [0.15, 0.2) is 51.7 Å². The lowest BCUT2D eigenvalue weighted by Crippen LogP contribution is -2.03. The van der Waals surface area contributed by atoms with Crippen LogP contribution in [0.5, 0.6) is 11.5 Å². The molecule has 116 valence electrons. The van der Waals surface area contributed by atoms with Gasteiger partial charge in [0.05, 0.1) is 18.0 Å². The lowest BCUT2D eigenvalue weighted by Gasteiger charge is -2.05. The van der Waals surface area contributed by atoms with Crippen LogP contribution in [0.1, 0.15) is 6.92 Å². The molecule has 0 fully saturated rings. The second-order valence-electron chi connectivity index (χ2n) is 4.81. The molecule has 0 aliphatic carbocycles. The Labute approximate surface area is 131 Å². The van der Waals surface area contributed by atoms with Crippen LogP contribution in [0.4, 0.5) is 0 Å². The fourth-order valence-corrected chi connectivity index (χ4v) is 2.13. The summed E-state index contributed by atoms with van der Waals surface area (Å²) in [4.78, 5) is 27.4. The van der Waals surface area contributed by atoms with Crippen molar-refractivity contribution in [1.82, 2.24) is 4.98 Å². The van der Waals surface area contributed by atoms with Crippen molar-refractivity contribution >= 4 is 16.9 Å². The van der Waals surface area contributed by atoms with Gasteiger partial charge in [-0.25, -0.2) is 9.78 Å². The molecule has 6 nitrogen and oxygen atoms in total. The van der Waals surface area contributed by atoms with Gasteiger partial charge in [-0.3, -0.25) is 4.79 Å². The second-order valence-corrected chi connectivity index (χ2v) is 4.81. The zero-order valence-corrected chi connectivity index (χ0v) is 12.5. The largest absolute Gasteiger partial charge is 0.497 e. The number of hydrogen-bond acceptors (Lipinski definition) is 6. The van der Waals surface area contributed by atoms with E-state index in [0.29, 0.717) is 28.0 Å². The van der Waals surface area contributed by atoms with E-state index in [-0.39, 0.29) is 5.89 Å². The monoisotopic (exact) mass is 311 g/mol. The third kappa shape index (κ3) is 3.06. The number of rotatable bonds is 3. The molecule has 3 aromatic rings. The standard InChI is InChI=1S/C17H13NO5/c1-10(19)22-12-5-3-11(4-6-12)16-18-15-8-7-13(21-2)9-14(15)17(20)23-16/h3-9H,1-2H3. The van der Waals surface area contributed by atoms with Gasteiger partial charge in [-0.15, -0.1) is 0 Å². The summed E-state index contributed by atoms with van der Waals surface area (Å²) in [6, 6.07) is 11.6. The number of carbonyl (C=O) groups is 1. The maximum Gasteiger partial charge on any atom is 0.347 e. The highest BCUT2D eigenvalue weighted by molar-refractivity contribution is 5.80. The van der Waals surface area contributed by atoms with Crippen LogP contribution in [0.3, 0.4) is 0 Å². The summed E-state index contributed by atoms with van der Waals surface area (Å²) in [6.07, 6.45) is 0. The van der Waals surface area contributed by atoms with Crippen molar-refractivity contribution in [3.8, 4) is 23.0 Å². The van der Waals surface area contributed by atoms with Gasteiger partial charge in [-0.1, -0.05) is 0 Å². The first-order valence-corrected chi connectivity index (χ1v) is 6.84. The summed E-state index contributed by atoms with van der Waals surface area (Å²) in [5.74, 6) is 0.767. The molecule has 0 aliphatic rings. The van der Waals surface area contributed by atoms with Gasteiger partial charge in [0.15, 0.2) is 0 Å². The number of methoxy groups -OCH3 is 1. The minimum Gasteiger partial charge on any atom is -0.497 e. The van der Waals surface area contributed by atoms with Gasteiger partial charge in [0.2, 0.25) is 5.89 Å². The molecule has 0 aliphatic heterocycles. The molecular weight excluding hydrogens is 298 g/mol. The van der Waals surface area contributed by atoms with Crippen LogP contribution >= 0.6 is 0 Å². The topological polar surface area (TPSA) is 78.6 Å². The van der Waals surface area contributed by atoms with Gasteiger partial charge in [-0.05, 0) is 42.5 Å². The molecule has 0 bridgehead atoms. The maximum absolute atomic E-state index is 12.1. The third-order valence-corrected chi connectivity index (χ3v) is 3.20. The zero-order valence-electron chi connectivity index (χ0n) is 12.5. The van der Waals surface area contributed by atoms with Gasteiger partial charge < -0.3 is 13.9 Å². The second kappa shape index (κ2) is 5.92. The Morgan fingerprint density at radius 2 is 1.78 bits per heavy atom. The first-order valence-electron chi connectivity index (χ1n) is 6.84. The van der Waals surface area contributed by atoms with Gasteiger partial charge >= 0.3 is 11.6 Å². The van der Waals surface area contributed by atoms with Gasteiger partial charge in [0, 0.05) is 12.5 Å². The Kier molecular flexibility index (Phi) is 3.80. The number of benzene rings is 2. The molecule has 0 unspecified atom stereocenters. The van der Waals surface area contributed by atoms with E-state index in [1.54, 1.807) is 42.5 Å². The summed E-state index contributed by atoms with van der Waals surface area (Å²) < 4.78 is 15.3. The van der Waals surface area contributed by atoms with E-state index >= 15 is 0 Å². The van der Waals surface area contributed by atoms with Crippen LogP contribution < -0.4 is 15.1 Å². The minimum absolute atomic E-state index is 0.196. The number of esters is 1. The molecule has 0 amide bonds. The van der Waals surface area contributed by atoms with Gasteiger partial charge in [0.25, 0.3) is 0 Å². The molecule has 1 heterocycles. The van der Waals surface area contributed by atoms with Crippen LogP contribution in [-0.4, -0.2) is 18.1 Å². The normalized spacial score (nSPS) is 10.5. The number of carbonyl (C=O) groups excluding carboxylic acids is 1. The Morgan fingerprint density at radius 3 is 2.43 bits per heavy atom. The average molecular weight is 311 g/mol. The van der Waals surface area contributed by atoms with E-state index < -0.39 is 11.6 Å². The van der Waals surface area contributed by atoms with E-state index in [2.05, 4.69) is 4.98 Å². The van der Waals surface area contributed by atoms with Crippen LogP contribution in [0, 0.1) is 0 Å². The SMILES string of the molecule is COc1ccc2nc(-c3ccc(OC(C)=O)cc3)oc(=O)c2c1. The molecule has 2 aromatic carbocycles. The van der Waals surface area contributed by atoms with E-state index in [0.717, 1.165) is 0 Å². The van der Waals surface area contributed by atoms with Crippen molar-refractivity contribution in [3.05, 3.63) is 52.9 Å². The number of nitrogens with zero attached hydrogens (tertiary/aromatic N) is 1. The molecule has 0 atom stereocenters. The Hall–Kier alpha value is -3.15. The van der Waals surface area contributed by atoms with E-state index in [4.69, 9.17) is 13.9 Å². The summed E-state index contributed by atoms with van der Waals surface area (Å²) in [6.45, 7) is 1.33. The summed E-state index contributed by atoms with van der Waals surface area (Å²) in [5.41, 5.74) is 0.629. The zero-order chi connectivity index (χ0) is 16.4. The predicted octanol–water partition coefficient (Wildman–Crippen LogP) is 2.79. The predicted molar refractivity (Wildman–Crippen MR) is 83.6 cm³/mol. The summed E-state index contributed by atoms with van der Waals surface area (Å²) in [7, 11) is 1.52. The molecule has 6 heteroatoms. The molecular formula is C17H13NO5. The van der Waals surface area contributed by atoms with Crippen molar-refractivity contribution in [2.45, 2.75) is 6.92 Å². The van der Waals surface area contributed by atoms with Gasteiger partial charge in [0.1, 0.15) is 11.5 Å². The number of aromatic nitrogens is 1. The molecule has 1 aromatic heterocycles. The van der Waals surface area contributed by atoms with Crippen LogP contribution in [-0.2, 0) is 4.79 Å². The summed E-state index contributed by atoms with van der Waals surface area (Å²) in [5, 5.41) is 0.352. The lowest BCUT2D eigenvalue weighted by atomic mass is 10.2. The minimum atomic E-state index is -0.493. The molecule has 0 saturated heterocycles. The maximum atomic E-state index is 12.1. The highest BCUT2D eigenvalue weighted by Gasteiger charge is 2.10. The Morgan fingerprint density at radius 1 is 1.09 bits per heavy atom. The van der Waals surface area contributed by atoms with Gasteiger partial charge in [-0.2, -0.15) is 0 Å². The quantitative estimate of drug-likeness (QED) is 0.546. The lowest BCUT2D eigenvalue weighted by molar-refractivity contribution is -0.131. The fourth-order valence-electron chi connectivity index (χ4n) is 2.13. The Bertz CT molecular complexity index is 928. The highest BCUT2D eigenvalue weighted by atomic mass is 16.5. The van der Waals surface area contributed by atoms with E-state index in [1.165, 1.54) is 14.0 Å². The number of fused-ring (bicyclic) bond motifs is 1. The van der Waals surface area contributed by atoms with Crippen molar-refractivity contribution in [1.29, 1.82) is 0 Å². The van der Waals surface area contributed by atoms with Crippen molar-refractivity contribution < 1.29 is 18.7 Å². The molecule has 3 rings (SSSR count). The first kappa shape index (κ1) is 14.8. The molecule has 0 spiro atoms. The number of ether oxygens (including phenoxy) is 2. The van der Waals surface area contributed by atoms with Crippen molar-refractivity contribution in [2.24, 2.45) is 0 Å². The molecule has 23 heavy (non-hydrogen) atoms. The first-order chi connectivity index (χ1) is 11.1.